The number of nitrogens with one attached hydrogen (secondary N) is 1. The molecule has 2 aliphatic rings. The topological polar surface area (TPSA) is 65.3 Å². The molecule has 2 saturated heterocycles. The van der Waals surface area contributed by atoms with Gasteiger partial charge in [0.15, 0.2) is 6.04 Å². The van der Waals surface area contributed by atoms with E-state index in [1.165, 1.54) is 4.90 Å². The molecule has 2 amide bonds. The second kappa shape index (κ2) is 7.04. The van der Waals surface area contributed by atoms with E-state index in [2.05, 4.69) is 4.90 Å². The maximum absolute atomic E-state index is 13.0. The van der Waals surface area contributed by atoms with Crippen molar-refractivity contribution in [1.82, 2.24) is 0 Å². The Morgan fingerprint density at radius 1 is 0.963 bits per heavy atom. The molecule has 2 aliphatic heterocycles. The highest BCUT2D eigenvalue weighted by atomic mass is 16.3. The number of quaternary nitrogens is 1. The average molecular weight is 366 g/mol. The van der Waals surface area contributed by atoms with E-state index >= 15 is 0 Å². The Balaban J connectivity index is 1.46. The second-order valence-corrected chi connectivity index (χ2v) is 7.24. The number of aryl methyl sites for hydroxylation is 1. The number of hydrogen-bond donors (Lipinski definition) is 2. The van der Waals surface area contributed by atoms with Crippen molar-refractivity contribution >= 4 is 23.2 Å². The molecule has 4 rings (SSSR count). The minimum atomic E-state index is -0.316. The van der Waals surface area contributed by atoms with Gasteiger partial charge in [-0.3, -0.25) is 9.59 Å². The molecule has 0 aliphatic carbocycles. The summed E-state index contributed by atoms with van der Waals surface area (Å²) in [5, 5.41) is 10.0. The predicted molar refractivity (Wildman–Crippen MR) is 103 cm³/mol. The number of aromatic hydroxyl groups is 1. The highest BCUT2D eigenvalue weighted by molar-refractivity contribution is 6.22. The van der Waals surface area contributed by atoms with Gasteiger partial charge in [-0.25, -0.2) is 4.90 Å². The number of hydrogen-bond acceptors (Lipinski definition) is 4. The average Bonchev–Trinajstić information content (AvgIpc) is 2.97. The molecule has 0 spiro atoms. The summed E-state index contributed by atoms with van der Waals surface area (Å²) < 4.78 is 0. The quantitative estimate of drug-likeness (QED) is 0.787. The zero-order chi connectivity index (χ0) is 19.0. The molecule has 6 heteroatoms. The van der Waals surface area contributed by atoms with Crippen molar-refractivity contribution in [3.63, 3.8) is 0 Å². The molecule has 2 heterocycles. The summed E-state index contributed by atoms with van der Waals surface area (Å²) >= 11 is 0. The van der Waals surface area contributed by atoms with Crippen LogP contribution in [0.5, 0.6) is 5.75 Å². The SMILES string of the molecule is Cc1ccccc1N1C(=O)C[C@@H]([NH+]2CCN(c3ccccc3O)CC2)C1=O. The Morgan fingerprint density at radius 3 is 2.26 bits per heavy atom. The van der Waals surface area contributed by atoms with Gasteiger partial charge < -0.3 is 14.9 Å². The van der Waals surface area contributed by atoms with Gasteiger partial charge in [-0.15, -0.1) is 0 Å². The van der Waals surface area contributed by atoms with Crippen molar-refractivity contribution in [2.45, 2.75) is 19.4 Å². The Labute approximate surface area is 158 Å². The first-order valence-corrected chi connectivity index (χ1v) is 9.36. The molecule has 0 saturated carbocycles. The Bertz CT molecular complexity index is 874. The fourth-order valence-corrected chi connectivity index (χ4v) is 4.13. The molecule has 0 unspecified atom stereocenters. The van der Waals surface area contributed by atoms with Crippen molar-refractivity contribution in [1.29, 1.82) is 0 Å². The van der Waals surface area contributed by atoms with Gasteiger partial charge in [-0.2, -0.15) is 0 Å². The zero-order valence-electron chi connectivity index (χ0n) is 15.4. The van der Waals surface area contributed by atoms with E-state index in [0.29, 0.717) is 5.69 Å². The molecule has 2 aromatic rings. The summed E-state index contributed by atoms with van der Waals surface area (Å²) in [6.07, 6.45) is 0.263. The fraction of sp³-hybridized carbons (Fsp3) is 0.333. The number of nitrogens with zero attached hydrogens (tertiary/aromatic N) is 2. The standard InChI is InChI=1S/C21H23N3O3/c1-15-6-2-3-7-16(15)24-20(26)14-18(21(24)27)23-12-10-22(11-13-23)17-8-4-5-9-19(17)25/h2-9,18,25H,10-14H2,1H3/p+1/t18-/m1/s1. The third-order valence-corrected chi connectivity index (χ3v) is 5.62. The normalized spacial score (nSPS) is 21.1. The van der Waals surface area contributed by atoms with Gasteiger partial charge in [0.1, 0.15) is 5.75 Å². The summed E-state index contributed by atoms with van der Waals surface area (Å²) in [4.78, 5) is 30.2. The van der Waals surface area contributed by atoms with Crippen molar-refractivity contribution in [3.05, 3.63) is 54.1 Å². The van der Waals surface area contributed by atoms with Gasteiger partial charge in [-0.05, 0) is 30.7 Å². The molecular formula is C21H24N3O3+. The van der Waals surface area contributed by atoms with E-state index in [1.807, 2.05) is 49.4 Å². The summed E-state index contributed by atoms with van der Waals surface area (Å²) in [6.45, 7) is 4.94. The first-order valence-electron chi connectivity index (χ1n) is 9.36. The number of piperazine rings is 1. The van der Waals surface area contributed by atoms with Crippen LogP contribution in [0.3, 0.4) is 0 Å². The van der Waals surface area contributed by atoms with E-state index in [4.69, 9.17) is 0 Å². The summed E-state index contributed by atoms with van der Waals surface area (Å²) in [6, 6.07) is 14.5. The second-order valence-electron chi connectivity index (χ2n) is 7.24. The molecule has 27 heavy (non-hydrogen) atoms. The van der Waals surface area contributed by atoms with Crippen LogP contribution in [-0.4, -0.2) is 49.1 Å². The van der Waals surface area contributed by atoms with Crippen LogP contribution in [0, 0.1) is 6.92 Å². The predicted octanol–water partition coefficient (Wildman–Crippen LogP) is 0.738. The number of anilines is 2. The van der Waals surface area contributed by atoms with Crippen LogP contribution < -0.4 is 14.7 Å². The molecule has 1 atom stereocenters. The first kappa shape index (κ1) is 17.5. The molecule has 0 bridgehead atoms. The van der Waals surface area contributed by atoms with Crippen molar-refractivity contribution in [2.75, 3.05) is 36.0 Å². The van der Waals surface area contributed by atoms with Crippen LogP contribution in [0.4, 0.5) is 11.4 Å². The zero-order valence-corrected chi connectivity index (χ0v) is 15.4. The number of amides is 2. The third-order valence-electron chi connectivity index (χ3n) is 5.62. The Hall–Kier alpha value is -2.86. The Morgan fingerprint density at radius 2 is 1.59 bits per heavy atom. The van der Waals surface area contributed by atoms with E-state index in [-0.39, 0.29) is 30.0 Å². The van der Waals surface area contributed by atoms with Crippen LogP contribution in [0.25, 0.3) is 0 Å². The summed E-state index contributed by atoms with van der Waals surface area (Å²) in [5.41, 5.74) is 2.45. The molecule has 0 radical (unpaired) electrons. The maximum Gasteiger partial charge on any atom is 0.292 e. The molecule has 2 fully saturated rings. The lowest BCUT2D eigenvalue weighted by molar-refractivity contribution is -0.915. The van der Waals surface area contributed by atoms with E-state index in [1.54, 1.807) is 6.07 Å². The summed E-state index contributed by atoms with van der Waals surface area (Å²) in [5.74, 6) is 0.0639. The number of phenols is 1. The monoisotopic (exact) mass is 366 g/mol. The number of carbonyl (C=O) groups is 2. The minimum absolute atomic E-state index is 0.0969. The molecule has 2 aromatic carbocycles. The maximum atomic E-state index is 13.0. The van der Waals surface area contributed by atoms with E-state index < -0.39 is 0 Å². The molecular weight excluding hydrogens is 342 g/mol. The molecule has 2 N–H and O–H groups in total. The van der Waals surface area contributed by atoms with Crippen LogP contribution in [-0.2, 0) is 9.59 Å². The highest BCUT2D eigenvalue weighted by Crippen LogP contribution is 2.27. The minimum Gasteiger partial charge on any atom is -0.506 e. The number of rotatable bonds is 3. The molecule has 140 valence electrons. The van der Waals surface area contributed by atoms with Crippen LogP contribution in [0.2, 0.25) is 0 Å². The van der Waals surface area contributed by atoms with Crippen LogP contribution in [0.1, 0.15) is 12.0 Å². The van der Waals surface area contributed by atoms with Crippen LogP contribution in [0.15, 0.2) is 48.5 Å². The lowest BCUT2D eigenvalue weighted by Gasteiger charge is -2.35. The van der Waals surface area contributed by atoms with Gasteiger partial charge in [0.05, 0.1) is 44.0 Å². The molecule has 6 nitrogen and oxygen atoms in total. The number of phenolic OH excluding ortho intramolecular Hbond substituents is 1. The number of benzene rings is 2. The van der Waals surface area contributed by atoms with E-state index in [0.717, 1.165) is 42.3 Å². The fourth-order valence-electron chi connectivity index (χ4n) is 4.13. The Kier molecular flexibility index (Phi) is 4.58. The van der Waals surface area contributed by atoms with Gasteiger partial charge in [0.25, 0.3) is 5.91 Å². The van der Waals surface area contributed by atoms with E-state index in [9.17, 15) is 14.7 Å². The van der Waals surface area contributed by atoms with Crippen molar-refractivity contribution in [3.8, 4) is 5.75 Å². The van der Waals surface area contributed by atoms with Gasteiger partial charge >= 0.3 is 0 Å². The number of para-hydroxylation sites is 3. The van der Waals surface area contributed by atoms with Crippen molar-refractivity contribution < 1.29 is 19.6 Å². The van der Waals surface area contributed by atoms with Gasteiger partial charge in [0.2, 0.25) is 5.91 Å². The largest absolute Gasteiger partial charge is 0.506 e. The number of carbonyl (C=O) groups excluding carboxylic acids is 2. The summed E-state index contributed by atoms with van der Waals surface area (Å²) in [7, 11) is 0. The first-order chi connectivity index (χ1) is 13.1. The smallest absolute Gasteiger partial charge is 0.292 e. The van der Waals surface area contributed by atoms with Crippen LogP contribution >= 0.6 is 0 Å². The van der Waals surface area contributed by atoms with Gasteiger partial charge in [0, 0.05) is 0 Å². The lowest BCUT2D eigenvalue weighted by Crippen LogP contribution is -3.19. The molecule has 0 aromatic heterocycles. The third kappa shape index (κ3) is 3.17. The van der Waals surface area contributed by atoms with Gasteiger partial charge in [-0.1, -0.05) is 30.3 Å². The number of imide groups is 1. The lowest BCUT2D eigenvalue weighted by atomic mass is 10.1. The van der Waals surface area contributed by atoms with Crippen molar-refractivity contribution in [2.24, 2.45) is 0 Å². The highest BCUT2D eigenvalue weighted by Gasteiger charge is 2.46.